The van der Waals surface area contributed by atoms with Crippen molar-refractivity contribution in [1.29, 1.82) is 0 Å². The second-order valence-corrected chi connectivity index (χ2v) is 8.41. The molecule has 1 saturated heterocycles. The number of hydrogen-bond acceptors (Lipinski definition) is 8. The summed E-state index contributed by atoms with van der Waals surface area (Å²) in [6.45, 7) is 4.79. The van der Waals surface area contributed by atoms with Gasteiger partial charge in [-0.1, -0.05) is 0 Å². The molecule has 1 fully saturated rings. The minimum atomic E-state index is 0.151. The van der Waals surface area contributed by atoms with Gasteiger partial charge in [0.05, 0.1) is 29.7 Å². The summed E-state index contributed by atoms with van der Waals surface area (Å²) in [5, 5.41) is 13.8. The van der Waals surface area contributed by atoms with Gasteiger partial charge in [0.2, 0.25) is 5.88 Å². The van der Waals surface area contributed by atoms with Crippen LogP contribution in [0.1, 0.15) is 32.2 Å². The second-order valence-electron chi connectivity index (χ2n) is 8.41. The molecule has 2 aliphatic rings. The first kappa shape index (κ1) is 19.0. The van der Waals surface area contributed by atoms with Crippen LogP contribution in [-0.2, 0) is 7.05 Å². The normalized spacial score (nSPS) is 18.3. The molecule has 6 heterocycles. The van der Waals surface area contributed by atoms with Crippen molar-refractivity contribution in [2.45, 2.75) is 32.2 Å². The van der Waals surface area contributed by atoms with E-state index in [1.165, 1.54) is 12.8 Å². The summed E-state index contributed by atoms with van der Waals surface area (Å²) in [7, 11) is 1.86. The molecule has 0 unspecified atom stereocenters. The molecule has 0 radical (unpaired) electrons. The third kappa shape index (κ3) is 3.14. The van der Waals surface area contributed by atoms with Crippen molar-refractivity contribution in [3.8, 4) is 17.3 Å². The molecule has 164 valence electrons. The predicted octanol–water partition coefficient (Wildman–Crippen LogP) is 3.31. The minimum absolute atomic E-state index is 0.151. The van der Waals surface area contributed by atoms with Gasteiger partial charge in [0.15, 0.2) is 11.6 Å². The summed E-state index contributed by atoms with van der Waals surface area (Å²) in [6.07, 6.45) is 8.59. The largest absolute Gasteiger partial charge is 0.477 e. The van der Waals surface area contributed by atoms with Crippen molar-refractivity contribution in [3.05, 3.63) is 30.7 Å². The Morgan fingerprint density at radius 2 is 2.00 bits per heavy atom. The molecule has 0 amide bonds. The van der Waals surface area contributed by atoms with E-state index in [1.807, 2.05) is 19.3 Å². The Morgan fingerprint density at radius 3 is 2.88 bits per heavy atom. The highest BCUT2D eigenvalue weighted by Gasteiger charge is 2.23. The quantitative estimate of drug-likeness (QED) is 0.490. The number of anilines is 3. The number of nitrogens with zero attached hydrogens (tertiary/aromatic N) is 8. The van der Waals surface area contributed by atoms with Crippen molar-refractivity contribution in [2.24, 2.45) is 7.05 Å². The zero-order valence-electron chi connectivity index (χ0n) is 18.2. The lowest BCUT2D eigenvalue weighted by molar-refractivity contribution is 0.260. The van der Waals surface area contributed by atoms with Crippen LogP contribution in [0.25, 0.3) is 22.3 Å². The maximum absolute atomic E-state index is 6.16. The van der Waals surface area contributed by atoms with E-state index in [4.69, 9.17) is 9.84 Å². The Kier molecular flexibility index (Phi) is 4.44. The summed E-state index contributed by atoms with van der Waals surface area (Å²) < 4.78 is 10.00. The Bertz CT molecular complexity index is 1290. The van der Waals surface area contributed by atoms with Crippen molar-refractivity contribution in [2.75, 3.05) is 29.9 Å². The van der Waals surface area contributed by atoms with E-state index in [0.717, 1.165) is 47.6 Å². The van der Waals surface area contributed by atoms with Crippen molar-refractivity contribution < 1.29 is 4.74 Å². The van der Waals surface area contributed by atoms with Gasteiger partial charge in [-0.15, -0.1) is 0 Å². The van der Waals surface area contributed by atoms with Gasteiger partial charge in [-0.25, -0.2) is 19.6 Å². The van der Waals surface area contributed by atoms with E-state index in [2.05, 4.69) is 47.9 Å². The van der Waals surface area contributed by atoms with E-state index in [0.29, 0.717) is 24.1 Å². The van der Waals surface area contributed by atoms with E-state index in [1.54, 1.807) is 17.1 Å². The average Bonchev–Trinajstić information content (AvgIpc) is 3.52. The lowest BCUT2D eigenvalue weighted by Crippen LogP contribution is -2.19. The summed E-state index contributed by atoms with van der Waals surface area (Å²) in [6, 6.07) is 4.04. The molecule has 0 spiro atoms. The summed E-state index contributed by atoms with van der Waals surface area (Å²) in [5.41, 5.74) is 1.82. The van der Waals surface area contributed by atoms with Crippen LogP contribution in [-0.4, -0.2) is 54.2 Å². The first-order valence-corrected chi connectivity index (χ1v) is 11.1. The van der Waals surface area contributed by atoms with Crippen molar-refractivity contribution >= 4 is 28.4 Å². The number of ether oxygens (including phenoxy) is 1. The molecule has 10 heteroatoms. The van der Waals surface area contributed by atoms with Gasteiger partial charge in [0, 0.05) is 45.0 Å². The van der Waals surface area contributed by atoms with Gasteiger partial charge in [0.25, 0.3) is 0 Å². The lowest BCUT2D eigenvalue weighted by atomic mass is 10.2. The number of pyridine rings is 1. The molecule has 0 saturated carbocycles. The fraction of sp³-hybridized carbons (Fsp3) is 0.409. The van der Waals surface area contributed by atoms with Crippen LogP contribution in [0.15, 0.2) is 30.7 Å². The Hall–Kier alpha value is -3.69. The van der Waals surface area contributed by atoms with Gasteiger partial charge in [-0.2, -0.15) is 10.2 Å². The molecule has 32 heavy (non-hydrogen) atoms. The van der Waals surface area contributed by atoms with Crippen LogP contribution in [0.2, 0.25) is 0 Å². The number of aryl methyl sites for hydroxylation is 1. The van der Waals surface area contributed by atoms with Gasteiger partial charge >= 0.3 is 0 Å². The highest BCUT2D eigenvalue weighted by atomic mass is 16.5. The third-order valence-electron chi connectivity index (χ3n) is 6.21. The molecule has 2 aliphatic heterocycles. The summed E-state index contributed by atoms with van der Waals surface area (Å²) >= 11 is 0. The number of rotatable bonds is 1. The zero-order chi connectivity index (χ0) is 21.7. The molecule has 4 bridgehead atoms. The van der Waals surface area contributed by atoms with Crippen LogP contribution >= 0.6 is 0 Å². The summed E-state index contributed by atoms with van der Waals surface area (Å²) in [5.74, 6) is 3.62. The average molecular weight is 432 g/mol. The highest BCUT2D eigenvalue weighted by Crippen LogP contribution is 2.33. The van der Waals surface area contributed by atoms with Gasteiger partial charge < -0.3 is 15.0 Å². The molecule has 6 rings (SSSR count). The predicted molar refractivity (Wildman–Crippen MR) is 121 cm³/mol. The van der Waals surface area contributed by atoms with Gasteiger partial charge in [-0.05, 0) is 25.8 Å². The van der Waals surface area contributed by atoms with E-state index < -0.39 is 0 Å². The molecule has 10 nitrogen and oxygen atoms in total. The Labute approximate surface area is 185 Å². The first-order chi connectivity index (χ1) is 15.7. The molecule has 0 aromatic carbocycles. The maximum Gasteiger partial charge on any atom is 0.222 e. The third-order valence-corrected chi connectivity index (χ3v) is 6.21. The van der Waals surface area contributed by atoms with Crippen LogP contribution in [0, 0.1) is 0 Å². The van der Waals surface area contributed by atoms with Crippen LogP contribution in [0.4, 0.5) is 17.5 Å². The fourth-order valence-electron chi connectivity index (χ4n) is 4.47. The second kappa shape index (κ2) is 7.47. The Morgan fingerprint density at radius 1 is 1.12 bits per heavy atom. The van der Waals surface area contributed by atoms with Gasteiger partial charge in [0.1, 0.15) is 17.2 Å². The summed E-state index contributed by atoms with van der Waals surface area (Å²) in [4.78, 5) is 16.1. The van der Waals surface area contributed by atoms with Gasteiger partial charge in [-0.3, -0.25) is 4.68 Å². The zero-order valence-corrected chi connectivity index (χ0v) is 18.2. The monoisotopic (exact) mass is 431 g/mol. The molecule has 0 aliphatic carbocycles. The van der Waals surface area contributed by atoms with Crippen LogP contribution < -0.4 is 15.0 Å². The van der Waals surface area contributed by atoms with Crippen LogP contribution in [0.5, 0.6) is 5.88 Å². The Balaban J connectivity index is 1.48. The molecular formula is C22H25N9O. The molecule has 4 aromatic heterocycles. The van der Waals surface area contributed by atoms with Crippen LogP contribution in [0.3, 0.4) is 0 Å². The molecule has 1 atom stereocenters. The molecule has 4 aromatic rings. The smallest absolute Gasteiger partial charge is 0.222 e. The van der Waals surface area contributed by atoms with E-state index in [-0.39, 0.29) is 6.04 Å². The van der Waals surface area contributed by atoms with E-state index in [9.17, 15) is 0 Å². The number of hydrogen-bond donors (Lipinski definition) is 1. The SMILES string of the molecule is C[C@H]1CCOc2c(cnn2C)-c2nccc(n2)Nc2cc3c(cn2)c(N2CCCC2)nn31. The topological polar surface area (TPSA) is 98.8 Å². The van der Waals surface area contributed by atoms with Crippen molar-refractivity contribution in [1.82, 2.24) is 34.5 Å². The molecule has 1 N–H and O–H groups in total. The number of nitrogens with one attached hydrogen (secondary N) is 1. The maximum atomic E-state index is 6.16. The first-order valence-electron chi connectivity index (χ1n) is 11.1. The lowest BCUT2D eigenvalue weighted by Gasteiger charge is -2.16. The van der Waals surface area contributed by atoms with E-state index >= 15 is 0 Å². The minimum Gasteiger partial charge on any atom is -0.477 e. The van der Waals surface area contributed by atoms with Crippen molar-refractivity contribution in [3.63, 3.8) is 0 Å². The number of aromatic nitrogens is 7. The number of fused-ring (bicyclic) bond motifs is 5. The fourth-order valence-corrected chi connectivity index (χ4v) is 4.47. The highest BCUT2D eigenvalue weighted by molar-refractivity contribution is 5.92. The standard InChI is InChI=1S/C22H25N9O/c1-14-6-10-32-22-16(13-25-29(22)2)20-23-7-5-18(27-20)26-19-11-17-15(12-24-19)21(28-31(14)17)30-8-3-4-9-30/h5,7,11-14H,3-4,6,8-10H2,1-2H3,(H,23,24,26,27)/t14-/m0/s1. The molecular weight excluding hydrogens is 406 g/mol.